The fourth-order valence-electron chi connectivity index (χ4n) is 6.22. The number of nitrogens with zero attached hydrogens (tertiary/aromatic N) is 1. The van der Waals surface area contributed by atoms with Crippen LogP contribution >= 0.6 is 0 Å². The third kappa shape index (κ3) is 4.67. The molecule has 10 nitrogen and oxygen atoms in total. The molecule has 0 N–H and O–H groups in total. The Balaban J connectivity index is 0.00000380. The molecule has 1 aliphatic heterocycles. The number of hydrogen-bond acceptors (Lipinski definition) is 9. The van der Waals surface area contributed by atoms with E-state index < -0.39 is 87.0 Å². The summed E-state index contributed by atoms with van der Waals surface area (Å²) in [7, 11) is -6.13. The molecule has 1 saturated heterocycles. The van der Waals surface area contributed by atoms with E-state index >= 15 is 0 Å². The van der Waals surface area contributed by atoms with Crippen molar-refractivity contribution in [1.29, 1.82) is 0 Å². The van der Waals surface area contributed by atoms with E-state index in [1.165, 1.54) is 0 Å². The van der Waals surface area contributed by atoms with E-state index in [1.807, 2.05) is 0 Å². The molecule has 0 aromatic carbocycles. The molecule has 4 aliphatic rings. The van der Waals surface area contributed by atoms with Crippen LogP contribution in [0.15, 0.2) is 0 Å². The Morgan fingerprint density at radius 1 is 1.05 bits per heavy atom. The van der Waals surface area contributed by atoms with Crippen molar-refractivity contribution < 1.29 is 50.4 Å². The number of esters is 2. The summed E-state index contributed by atoms with van der Waals surface area (Å²) in [6.07, 6.45) is 3.17. The average Bonchev–Trinajstić information content (AvgIpc) is 3.39. The Morgan fingerprint density at radius 2 is 1.65 bits per heavy atom. The van der Waals surface area contributed by atoms with Gasteiger partial charge >= 0.3 is 5.97 Å². The monoisotopic (exact) mass is 800 g/mol. The van der Waals surface area contributed by atoms with E-state index in [0.717, 1.165) is 24.2 Å². The molecule has 1 heterocycles. The molecule has 37 heavy (non-hydrogen) atoms. The first-order valence-electron chi connectivity index (χ1n) is 12.0. The zero-order chi connectivity index (χ0) is 26.8. The zero-order valence-corrected chi connectivity index (χ0v) is 28.1. The van der Waals surface area contributed by atoms with E-state index in [-0.39, 0.29) is 12.3 Å². The normalized spacial score (nSPS) is 31.7. The molecule has 0 aromatic heterocycles. The van der Waals surface area contributed by atoms with Gasteiger partial charge in [-0.25, -0.2) is 17.2 Å². The Morgan fingerprint density at radius 3 is 2.19 bits per heavy atom. The molecule has 3 aliphatic carbocycles. The third-order valence-corrected chi connectivity index (χ3v) is 8.60. The third-order valence-electron chi connectivity index (χ3n) is 7.84. The van der Waals surface area contributed by atoms with Crippen LogP contribution in [-0.2, 0) is 38.8 Å². The molecule has 2 bridgehead atoms. The summed E-state index contributed by atoms with van der Waals surface area (Å²) in [4.78, 5) is 53.5. The molecule has 6 unspecified atom stereocenters. The SMILES string of the molecule is CC(C)(C)C(=O)N1C(=O)C2C3CC(C(OC(=O)C4CCCCC4)C31)C2C(=O)O[CH-]C(F)(F)S(=O)(=O)[O-].[Rf]. The van der Waals surface area contributed by atoms with E-state index in [9.17, 15) is 40.9 Å². The largest absolute Gasteiger partial charge is 0.746 e. The summed E-state index contributed by atoms with van der Waals surface area (Å²) >= 11 is 0. The number of carbonyl (C=O) groups excluding carboxylic acids is 4. The van der Waals surface area contributed by atoms with Crippen molar-refractivity contribution in [3.63, 3.8) is 0 Å². The number of imide groups is 1. The standard InChI is InChI=1S/C23H30F2NO9S.Rf/c1-22(2,3)21(30)26-16-12-9-13(17(16)35-19(28)11-7-5-4-6-8-11)15(14(12)18(26)27)20(29)34-10-23(24,25)36(31,32)33;/h10-17H,4-9H2,1-3H3,(H,31,32,33);/q-1;/p-1. The van der Waals surface area contributed by atoms with Crippen LogP contribution in [0.5, 0.6) is 0 Å². The van der Waals surface area contributed by atoms with Gasteiger partial charge in [-0.3, -0.25) is 24.1 Å². The maximum atomic E-state index is 13.6. The quantitative estimate of drug-likeness (QED) is 0.224. The minimum absolute atomic E-state index is 0. The number of hydrogen-bond donors (Lipinski definition) is 0. The van der Waals surface area contributed by atoms with E-state index in [0.29, 0.717) is 12.8 Å². The zero-order valence-electron chi connectivity index (χ0n) is 20.9. The Hall–Kier alpha value is -3.15. The van der Waals surface area contributed by atoms with Crippen molar-refractivity contribution in [2.24, 2.45) is 35.0 Å². The van der Waals surface area contributed by atoms with Crippen LogP contribution in [0.1, 0.15) is 59.3 Å². The number of amides is 2. The first-order chi connectivity index (χ1) is 16.6. The van der Waals surface area contributed by atoms with Crippen LogP contribution in [-0.4, -0.2) is 59.0 Å². The van der Waals surface area contributed by atoms with Crippen molar-refractivity contribution in [1.82, 2.24) is 4.90 Å². The van der Waals surface area contributed by atoms with Crippen LogP contribution < -0.4 is 0 Å². The number of rotatable bonds is 6. The van der Waals surface area contributed by atoms with Gasteiger partial charge in [-0.15, -0.1) is 0 Å². The molecular weight excluding hydrogens is 771 g/mol. The second kappa shape index (κ2) is 9.30. The van der Waals surface area contributed by atoms with Gasteiger partial charge in [0.15, 0.2) is 0 Å². The van der Waals surface area contributed by atoms with Gasteiger partial charge in [-0.2, -0.15) is 0 Å². The van der Waals surface area contributed by atoms with Gasteiger partial charge in [0.25, 0.3) is 11.2 Å². The number of fused-ring (bicyclic) bond motifs is 1. The first-order valence-corrected chi connectivity index (χ1v) is 13.4. The van der Waals surface area contributed by atoms with Crippen LogP contribution in [0.25, 0.3) is 0 Å². The summed E-state index contributed by atoms with van der Waals surface area (Å²) in [5.74, 6) is -7.16. The summed E-state index contributed by atoms with van der Waals surface area (Å²) in [6.45, 7) is 4.20. The average molecular weight is 801 g/mol. The molecule has 14 heteroatoms. The summed E-state index contributed by atoms with van der Waals surface area (Å²) in [5, 5.41) is -4.97. The van der Waals surface area contributed by atoms with Gasteiger partial charge < -0.3 is 14.0 Å². The van der Waals surface area contributed by atoms with Crippen molar-refractivity contribution in [3.8, 4) is 0 Å². The molecule has 4 fully saturated rings. The van der Waals surface area contributed by atoms with Crippen LogP contribution in [0.2, 0.25) is 0 Å². The first kappa shape index (κ1) is 28.4. The van der Waals surface area contributed by atoms with Gasteiger partial charge in [0, 0.05) is 11.3 Å². The minimum Gasteiger partial charge on any atom is -0.746 e. The Labute approximate surface area is 207 Å². The number of halogens is 2. The van der Waals surface area contributed by atoms with Gasteiger partial charge in [-0.1, -0.05) is 46.6 Å². The maximum absolute atomic E-state index is 13.6. The van der Waals surface area contributed by atoms with Crippen molar-refractivity contribution in [3.05, 3.63) is 6.61 Å². The van der Waals surface area contributed by atoms with Gasteiger partial charge in [0.1, 0.15) is 16.2 Å². The van der Waals surface area contributed by atoms with E-state index in [2.05, 4.69) is 4.74 Å². The fraction of sp³-hybridized carbons (Fsp3) is 0.783. The molecule has 204 valence electrons. The van der Waals surface area contributed by atoms with Gasteiger partial charge in [0.2, 0.25) is 11.8 Å². The van der Waals surface area contributed by atoms with Gasteiger partial charge in [0.05, 0.1) is 23.8 Å². The summed E-state index contributed by atoms with van der Waals surface area (Å²) in [5.41, 5.74) is -0.968. The smallest absolute Gasteiger partial charge is 0.309 e. The summed E-state index contributed by atoms with van der Waals surface area (Å²) < 4.78 is 69.6. The van der Waals surface area contributed by atoms with Crippen LogP contribution in [0.3, 0.4) is 0 Å². The number of likely N-dealkylation sites (tertiary alicyclic amines) is 1. The summed E-state index contributed by atoms with van der Waals surface area (Å²) in [6, 6.07) is -0.789. The van der Waals surface area contributed by atoms with E-state index in [4.69, 9.17) is 4.74 Å². The van der Waals surface area contributed by atoms with Crippen molar-refractivity contribution in [2.75, 3.05) is 0 Å². The fourth-order valence-corrected chi connectivity index (χ4v) is 6.38. The molecular formula is C23H29F2NO9RfS-2. The second-order valence-corrected chi connectivity index (χ2v) is 12.6. The minimum atomic E-state index is -6.13. The molecule has 6 atom stereocenters. The maximum Gasteiger partial charge on any atom is 0.309 e. The molecule has 0 aromatic rings. The van der Waals surface area contributed by atoms with Crippen molar-refractivity contribution in [2.45, 2.75) is 76.7 Å². The van der Waals surface area contributed by atoms with Gasteiger partial charge in [-0.05, 0) is 25.2 Å². The number of ether oxygens (including phenoxy) is 2. The number of alkyl halides is 2. The molecule has 3 saturated carbocycles. The Kier molecular flexibility index (Phi) is 7.15. The van der Waals surface area contributed by atoms with Crippen LogP contribution in [0, 0.1) is 41.6 Å². The van der Waals surface area contributed by atoms with Crippen molar-refractivity contribution >= 4 is 33.9 Å². The van der Waals surface area contributed by atoms with Crippen LogP contribution in [0.4, 0.5) is 8.78 Å². The predicted molar refractivity (Wildman–Crippen MR) is 115 cm³/mol. The predicted octanol–water partition coefficient (Wildman–Crippen LogP) is 1.99. The molecule has 0 radical (unpaired) electrons. The Bertz CT molecular complexity index is 1070. The number of carbonyl (C=O) groups is 4. The van der Waals surface area contributed by atoms with E-state index in [1.54, 1.807) is 20.8 Å². The second-order valence-electron chi connectivity index (χ2n) is 11.2. The molecule has 4 rings (SSSR count). The molecule has 2 amide bonds. The molecule has 0 spiro atoms. The topological polar surface area (TPSA) is 147 Å².